The zero-order valence-corrected chi connectivity index (χ0v) is 17.3. The first-order valence-corrected chi connectivity index (χ1v) is 10.7. The SMILES string of the molecule is COC(=O)CCn1c(C)cc(C(=O)CSC2=Nc3ccccc3CS2)c1C. The van der Waals surface area contributed by atoms with Crippen LogP contribution in [0.2, 0.25) is 0 Å². The molecule has 0 N–H and O–H groups in total. The molecule has 2 aromatic rings. The average molecular weight is 403 g/mol. The molecule has 142 valence electrons. The summed E-state index contributed by atoms with van der Waals surface area (Å²) in [6.45, 7) is 4.39. The standard InChI is InChI=1S/C20H22N2O3S2/c1-13-10-16(14(2)22(13)9-8-19(24)25-3)18(23)12-27-20-21-17-7-5-4-6-15(17)11-26-20/h4-7,10H,8-9,11-12H2,1-3H3. The van der Waals surface area contributed by atoms with E-state index >= 15 is 0 Å². The van der Waals surface area contributed by atoms with Crippen LogP contribution in [0.25, 0.3) is 0 Å². The highest BCUT2D eigenvalue weighted by Gasteiger charge is 2.19. The zero-order valence-electron chi connectivity index (χ0n) is 15.7. The molecule has 3 rings (SSSR count). The molecule has 1 aromatic heterocycles. The third-order valence-electron chi connectivity index (χ3n) is 4.52. The van der Waals surface area contributed by atoms with E-state index in [0.717, 1.165) is 27.2 Å². The second kappa shape index (κ2) is 8.80. The number of aliphatic imine (C=N–C) groups is 1. The molecule has 0 saturated heterocycles. The number of Topliss-reactive ketones (excluding diaryl/α,β-unsaturated/α-hetero) is 1. The molecule has 5 nitrogen and oxygen atoms in total. The minimum atomic E-state index is -0.251. The molecule has 0 fully saturated rings. The molecule has 2 heterocycles. The summed E-state index contributed by atoms with van der Waals surface area (Å²) in [5, 5.41) is 0. The number of hydrogen-bond donors (Lipinski definition) is 0. The van der Waals surface area contributed by atoms with Crippen LogP contribution in [0.5, 0.6) is 0 Å². The lowest BCUT2D eigenvalue weighted by Crippen LogP contribution is -2.11. The van der Waals surface area contributed by atoms with E-state index in [1.807, 2.05) is 42.7 Å². The topological polar surface area (TPSA) is 60.7 Å². The summed E-state index contributed by atoms with van der Waals surface area (Å²) >= 11 is 3.16. The first-order valence-electron chi connectivity index (χ1n) is 8.68. The Kier molecular flexibility index (Phi) is 6.44. The summed E-state index contributed by atoms with van der Waals surface area (Å²) in [6, 6.07) is 10.00. The van der Waals surface area contributed by atoms with Gasteiger partial charge in [0.15, 0.2) is 5.78 Å². The lowest BCUT2D eigenvalue weighted by Gasteiger charge is -2.14. The molecule has 7 heteroatoms. The summed E-state index contributed by atoms with van der Waals surface area (Å²) in [6.07, 6.45) is 0.294. The van der Waals surface area contributed by atoms with Crippen molar-refractivity contribution in [1.82, 2.24) is 4.57 Å². The maximum Gasteiger partial charge on any atom is 0.307 e. The molecule has 0 amide bonds. The van der Waals surface area contributed by atoms with Crippen molar-refractivity contribution in [3.8, 4) is 0 Å². The van der Waals surface area contributed by atoms with Crippen LogP contribution in [-0.2, 0) is 21.8 Å². The Morgan fingerprint density at radius 2 is 2.07 bits per heavy atom. The lowest BCUT2D eigenvalue weighted by atomic mass is 10.2. The molecule has 0 spiro atoms. The van der Waals surface area contributed by atoms with Gasteiger partial charge >= 0.3 is 5.97 Å². The number of methoxy groups -OCH3 is 1. The number of benzene rings is 1. The highest BCUT2D eigenvalue weighted by atomic mass is 32.2. The molecule has 0 bridgehead atoms. The van der Waals surface area contributed by atoms with Crippen molar-refractivity contribution in [1.29, 1.82) is 0 Å². The van der Waals surface area contributed by atoms with Gasteiger partial charge in [0.2, 0.25) is 0 Å². The quantitative estimate of drug-likeness (QED) is 0.525. The number of rotatable bonds is 6. The number of carbonyl (C=O) groups is 2. The Balaban J connectivity index is 1.65. The van der Waals surface area contributed by atoms with Crippen LogP contribution in [0.3, 0.4) is 0 Å². The third kappa shape index (κ3) is 4.65. The maximum absolute atomic E-state index is 12.7. The molecule has 1 aromatic carbocycles. The predicted molar refractivity (Wildman–Crippen MR) is 112 cm³/mol. The Hall–Kier alpha value is -1.99. The van der Waals surface area contributed by atoms with Crippen molar-refractivity contribution in [3.05, 3.63) is 52.8 Å². The number of ketones is 1. The third-order valence-corrected chi connectivity index (χ3v) is 6.77. The molecule has 27 heavy (non-hydrogen) atoms. The summed E-state index contributed by atoms with van der Waals surface area (Å²) in [4.78, 5) is 28.8. The van der Waals surface area contributed by atoms with Crippen LogP contribution >= 0.6 is 23.5 Å². The van der Waals surface area contributed by atoms with Gasteiger partial charge in [0.05, 0.1) is 25.0 Å². The molecular weight excluding hydrogens is 380 g/mol. The number of esters is 1. The number of fused-ring (bicyclic) bond motifs is 1. The molecule has 0 atom stereocenters. The predicted octanol–water partition coefficient (Wildman–Crippen LogP) is 4.52. The van der Waals surface area contributed by atoms with Gasteiger partial charge in [-0.15, -0.1) is 0 Å². The number of carbonyl (C=O) groups excluding carboxylic acids is 2. The molecule has 1 aliphatic heterocycles. The second-order valence-corrected chi connectivity index (χ2v) is 8.46. The number of hydrogen-bond acceptors (Lipinski definition) is 6. The van der Waals surface area contributed by atoms with Crippen molar-refractivity contribution >= 4 is 45.3 Å². The van der Waals surface area contributed by atoms with Crippen molar-refractivity contribution in [2.45, 2.75) is 32.6 Å². The van der Waals surface area contributed by atoms with E-state index in [4.69, 9.17) is 4.74 Å². The van der Waals surface area contributed by atoms with E-state index < -0.39 is 0 Å². The highest BCUT2D eigenvalue weighted by Crippen LogP contribution is 2.34. The minimum absolute atomic E-state index is 0.0829. The van der Waals surface area contributed by atoms with E-state index in [9.17, 15) is 9.59 Å². The van der Waals surface area contributed by atoms with Gasteiger partial charge in [-0.2, -0.15) is 0 Å². The minimum Gasteiger partial charge on any atom is -0.469 e. The summed E-state index contributed by atoms with van der Waals surface area (Å²) in [7, 11) is 1.38. The number of aryl methyl sites for hydroxylation is 1. The van der Waals surface area contributed by atoms with Crippen LogP contribution in [-0.4, -0.2) is 33.6 Å². The molecular formula is C20H22N2O3S2. The van der Waals surface area contributed by atoms with Gasteiger partial charge in [0.1, 0.15) is 4.38 Å². The van der Waals surface area contributed by atoms with Gasteiger partial charge in [-0.3, -0.25) is 9.59 Å². The monoisotopic (exact) mass is 402 g/mol. The molecule has 0 unspecified atom stereocenters. The van der Waals surface area contributed by atoms with Crippen molar-refractivity contribution in [3.63, 3.8) is 0 Å². The Bertz CT molecular complexity index is 903. The van der Waals surface area contributed by atoms with Crippen LogP contribution in [0.4, 0.5) is 5.69 Å². The number of nitrogens with zero attached hydrogens (tertiary/aromatic N) is 2. The largest absolute Gasteiger partial charge is 0.469 e. The van der Waals surface area contributed by atoms with Gasteiger partial charge < -0.3 is 9.30 Å². The van der Waals surface area contributed by atoms with Gasteiger partial charge in [-0.05, 0) is 31.5 Å². The van der Waals surface area contributed by atoms with Gasteiger partial charge in [0, 0.05) is 29.2 Å². The second-order valence-electron chi connectivity index (χ2n) is 6.27. The van der Waals surface area contributed by atoms with Crippen LogP contribution < -0.4 is 0 Å². The van der Waals surface area contributed by atoms with E-state index in [2.05, 4.69) is 11.1 Å². The van der Waals surface area contributed by atoms with Crippen molar-refractivity contribution < 1.29 is 14.3 Å². The van der Waals surface area contributed by atoms with E-state index in [1.54, 1.807) is 11.8 Å². The zero-order chi connectivity index (χ0) is 19.4. The van der Waals surface area contributed by atoms with Gasteiger partial charge in [-0.1, -0.05) is 41.7 Å². The van der Waals surface area contributed by atoms with E-state index in [-0.39, 0.29) is 11.8 Å². The summed E-state index contributed by atoms with van der Waals surface area (Å²) in [5.74, 6) is 1.08. The fraction of sp³-hybridized carbons (Fsp3) is 0.350. The van der Waals surface area contributed by atoms with Gasteiger partial charge in [-0.25, -0.2) is 4.99 Å². The summed E-state index contributed by atoms with van der Waals surface area (Å²) < 4.78 is 7.63. The Morgan fingerprint density at radius 3 is 2.85 bits per heavy atom. The number of aromatic nitrogens is 1. The normalized spacial score (nSPS) is 13.1. The van der Waals surface area contributed by atoms with Crippen LogP contribution in [0.1, 0.15) is 33.7 Å². The smallest absolute Gasteiger partial charge is 0.307 e. The fourth-order valence-corrected chi connectivity index (χ4v) is 4.97. The molecule has 0 aliphatic carbocycles. The lowest BCUT2D eigenvalue weighted by molar-refractivity contribution is -0.140. The number of thioether (sulfide) groups is 2. The first kappa shape index (κ1) is 19.8. The fourth-order valence-electron chi connectivity index (χ4n) is 3.02. The molecule has 0 saturated carbocycles. The van der Waals surface area contributed by atoms with E-state index in [0.29, 0.717) is 24.3 Å². The number of para-hydroxylation sites is 1. The van der Waals surface area contributed by atoms with Crippen LogP contribution in [0, 0.1) is 13.8 Å². The Morgan fingerprint density at radius 1 is 1.30 bits per heavy atom. The average Bonchev–Trinajstić information content (AvgIpc) is 2.97. The maximum atomic E-state index is 12.7. The van der Waals surface area contributed by atoms with Crippen LogP contribution in [0.15, 0.2) is 35.3 Å². The van der Waals surface area contributed by atoms with E-state index in [1.165, 1.54) is 24.4 Å². The first-order chi connectivity index (χ1) is 13.0. The summed E-state index contributed by atoms with van der Waals surface area (Å²) in [5.41, 5.74) is 4.81. The molecule has 0 radical (unpaired) electrons. The molecule has 1 aliphatic rings. The van der Waals surface area contributed by atoms with Crippen molar-refractivity contribution in [2.75, 3.05) is 12.9 Å². The highest BCUT2D eigenvalue weighted by molar-refractivity contribution is 8.38. The van der Waals surface area contributed by atoms with Gasteiger partial charge in [0.25, 0.3) is 0 Å². The number of ether oxygens (including phenoxy) is 1. The Labute approximate surface area is 167 Å². The van der Waals surface area contributed by atoms with Crippen molar-refractivity contribution in [2.24, 2.45) is 4.99 Å².